The Balaban J connectivity index is 2.98. The lowest BCUT2D eigenvalue weighted by Crippen LogP contribution is -2.14. The van der Waals surface area contributed by atoms with Gasteiger partial charge in [-0.3, -0.25) is 0 Å². The SMILES string of the molecule is C=Cc1cccc(N=NC(C)(C#N)C#N)c1. The normalized spacial score (nSPS) is 10.7. The zero-order valence-corrected chi connectivity index (χ0v) is 8.88. The van der Waals surface area contributed by atoms with Crippen molar-refractivity contribution in [3.05, 3.63) is 36.4 Å². The molecule has 1 aromatic rings. The molecule has 0 aliphatic rings. The van der Waals surface area contributed by atoms with Crippen molar-refractivity contribution >= 4 is 11.8 Å². The lowest BCUT2D eigenvalue weighted by Gasteiger charge is -2.02. The highest BCUT2D eigenvalue weighted by Gasteiger charge is 2.21. The number of nitriles is 2. The highest BCUT2D eigenvalue weighted by molar-refractivity contribution is 5.53. The minimum absolute atomic E-state index is 0.592. The van der Waals surface area contributed by atoms with E-state index in [9.17, 15) is 0 Å². The Morgan fingerprint density at radius 3 is 2.62 bits per heavy atom. The number of nitrogens with zero attached hydrogens (tertiary/aromatic N) is 4. The molecule has 1 aromatic carbocycles. The van der Waals surface area contributed by atoms with Crippen LogP contribution in [0.1, 0.15) is 12.5 Å². The van der Waals surface area contributed by atoms with Crippen molar-refractivity contribution in [2.24, 2.45) is 10.2 Å². The maximum absolute atomic E-state index is 8.72. The summed E-state index contributed by atoms with van der Waals surface area (Å²) in [5, 5.41) is 25.0. The van der Waals surface area contributed by atoms with Gasteiger partial charge in [0.05, 0.1) is 5.69 Å². The van der Waals surface area contributed by atoms with Crippen molar-refractivity contribution in [3.63, 3.8) is 0 Å². The van der Waals surface area contributed by atoms with Gasteiger partial charge in [0.25, 0.3) is 0 Å². The van der Waals surface area contributed by atoms with Crippen LogP contribution >= 0.6 is 0 Å². The highest BCUT2D eigenvalue weighted by atomic mass is 15.1. The Bertz CT molecular complexity index is 488. The molecule has 1 rings (SSSR count). The third kappa shape index (κ3) is 2.76. The molecule has 0 fully saturated rings. The fraction of sp³-hybridized carbons (Fsp3) is 0.167. The standard InChI is InChI=1S/C12H10N4/c1-3-10-5-4-6-11(7-10)15-16-12(2,8-13)9-14/h3-7H,1H2,2H3. The zero-order chi connectivity index (χ0) is 12.0. The third-order valence-electron chi connectivity index (χ3n) is 1.91. The van der Waals surface area contributed by atoms with Gasteiger partial charge in [0.1, 0.15) is 12.1 Å². The molecular formula is C12H10N4. The van der Waals surface area contributed by atoms with Crippen molar-refractivity contribution in [2.45, 2.75) is 12.5 Å². The molecule has 0 N–H and O–H groups in total. The maximum atomic E-state index is 8.72. The molecule has 0 unspecified atom stereocenters. The summed E-state index contributed by atoms with van der Waals surface area (Å²) in [6, 6.07) is 10.8. The molecular weight excluding hydrogens is 200 g/mol. The highest BCUT2D eigenvalue weighted by Crippen LogP contribution is 2.18. The quantitative estimate of drug-likeness (QED) is 0.718. The molecule has 16 heavy (non-hydrogen) atoms. The van der Waals surface area contributed by atoms with Gasteiger partial charge in [-0.25, -0.2) is 0 Å². The van der Waals surface area contributed by atoms with Crippen LogP contribution in [0.25, 0.3) is 6.08 Å². The summed E-state index contributed by atoms with van der Waals surface area (Å²) >= 11 is 0. The van der Waals surface area contributed by atoms with Crippen molar-refractivity contribution in [2.75, 3.05) is 0 Å². The van der Waals surface area contributed by atoms with E-state index in [-0.39, 0.29) is 0 Å². The van der Waals surface area contributed by atoms with Crippen LogP contribution in [-0.2, 0) is 0 Å². The van der Waals surface area contributed by atoms with E-state index in [0.717, 1.165) is 5.56 Å². The molecule has 0 aromatic heterocycles. The first-order valence-corrected chi connectivity index (χ1v) is 4.61. The van der Waals surface area contributed by atoms with Crippen LogP contribution in [0.15, 0.2) is 41.1 Å². The van der Waals surface area contributed by atoms with E-state index in [1.165, 1.54) is 6.92 Å². The third-order valence-corrected chi connectivity index (χ3v) is 1.91. The summed E-state index contributed by atoms with van der Waals surface area (Å²) in [5.74, 6) is 0. The molecule has 0 saturated heterocycles. The fourth-order valence-corrected chi connectivity index (χ4v) is 0.941. The van der Waals surface area contributed by atoms with E-state index in [4.69, 9.17) is 10.5 Å². The first-order valence-electron chi connectivity index (χ1n) is 4.61. The predicted molar refractivity (Wildman–Crippen MR) is 60.7 cm³/mol. The molecule has 4 nitrogen and oxygen atoms in total. The molecule has 78 valence electrons. The van der Waals surface area contributed by atoms with Gasteiger partial charge in [0.2, 0.25) is 5.54 Å². The summed E-state index contributed by atoms with van der Waals surface area (Å²) in [6.45, 7) is 5.05. The molecule has 4 heteroatoms. The minimum atomic E-state index is -1.43. The van der Waals surface area contributed by atoms with E-state index in [0.29, 0.717) is 5.69 Å². The van der Waals surface area contributed by atoms with Crippen LogP contribution in [0.3, 0.4) is 0 Å². The number of hydrogen-bond donors (Lipinski definition) is 0. The number of benzene rings is 1. The molecule has 0 aliphatic carbocycles. The van der Waals surface area contributed by atoms with Crippen molar-refractivity contribution in [3.8, 4) is 12.1 Å². The van der Waals surface area contributed by atoms with E-state index in [1.54, 1.807) is 36.4 Å². The molecule has 0 amide bonds. The lowest BCUT2D eigenvalue weighted by molar-refractivity contribution is 0.720. The second kappa shape index (κ2) is 4.86. The average molecular weight is 210 g/mol. The Labute approximate surface area is 94.2 Å². The summed E-state index contributed by atoms with van der Waals surface area (Å²) < 4.78 is 0. The number of rotatable bonds is 3. The molecule has 0 radical (unpaired) electrons. The van der Waals surface area contributed by atoms with Crippen molar-refractivity contribution in [1.29, 1.82) is 10.5 Å². The van der Waals surface area contributed by atoms with Crippen LogP contribution < -0.4 is 0 Å². The molecule has 0 aliphatic heterocycles. The number of azo groups is 1. The molecule has 0 saturated carbocycles. The summed E-state index contributed by atoms with van der Waals surface area (Å²) in [7, 11) is 0. The average Bonchev–Trinajstić information content (AvgIpc) is 2.36. The monoisotopic (exact) mass is 210 g/mol. The Kier molecular flexibility index (Phi) is 3.53. The Morgan fingerprint density at radius 1 is 1.38 bits per heavy atom. The van der Waals surface area contributed by atoms with Crippen LogP contribution in [0, 0.1) is 22.7 Å². The van der Waals surface area contributed by atoms with E-state index < -0.39 is 5.54 Å². The van der Waals surface area contributed by atoms with Gasteiger partial charge < -0.3 is 0 Å². The van der Waals surface area contributed by atoms with Gasteiger partial charge >= 0.3 is 0 Å². The van der Waals surface area contributed by atoms with Gasteiger partial charge in [-0.1, -0.05) is 24.8 Å². The van der Waals surface area contributed by atoms with Gasteiger partial charge in [-0.15, -0.1) is 0 Å². The van der Waals surface area contributed by atoms with E-state index >= 15 is 0 Å². The zero-order valence-electron chi connectivity index (χ0n) is 8.88. The molecule has 0 spiro atoms. The van der Waals surface area contributed by atoms with Crippen LogP contribution in [0.2, 0.25) is 0 Å². The van der Waals surface area contributed by atoms with Gasteiger partial charge in [0.15, 0.2) is 0 Å². The molecule has 0 bridgehead atoms. The number of hydrogen-bond acceptors (Lipinski definition) is 4. The van der Waals surface area contributed by atoms with Crippen LogP contribution in [0.4, 0.5) is 5.69 Å². The smallest absolute Gasteiger partial charge is 0.194 e. The van der Waals surface area contributed by atoms with Gasteiger partial charge in [-0.2, -0.15) is 20.8 Å². The minimum Gasteiger partial charge on any atom is -0.194 e. The summed E-state index contributed by atoms with van der Waals surface area (Å²) in [4.78, 5) is 0. The van der Waals surface area contributed by atoms with E-state index in [2.05, 4.69) is 16.8 Å². The fourth-order valence-electron chi connectivity index (χ4n) is 0.941. The van der Waals surface area contributed by atoms with Crippen molar-refractivity contribution < 1.29 is 0 Å². The van der Waals surface area contributed by atoms with Gasteiger partial charge in [-0.05, 0) is 24.6 Å². The van der Waals surface area contributed by atoms with Crippen molar-refractivity contribution in [1.82, 2.24) is 0 Å². The molecule has 0 heterocycles. The second-order valence-electron chi connectivity index (χ2n) is 3.29. The largest absolute Gasteiger partial charge is 0.249 e. The predicted octanol–water partition coefficient (Wildman–Crippen LogP) is 3.22. The van der Waals surface area contributed by atoms with Gasteiger partial charge in [0, 0.05) is 0 Å². The lowest BCUT2D eigenvalue weighted by atomic mass is 10.1. The maximum Gasteiger partial charge on any atom is 0.249 e. The Hall–Kier alpha value is -2.46. The van der Waals surface area contributed by atoms with E-state index in [1.807, 2.05) is 6.07 Å². The first kappa shape index (κ1) is 11.6. The topological polar surface area (TPSA) is 72.3 Å². The summed E-state index contributed by atoms with van der Waals surface area (Å²) in [6.07, 6.45) is 1.69. The molecule has 0 atom stereocenters. The van der Waals surface area contributed by atoms with Crippen LogP contribution in [-0.4, -0.2) is 5.54 Å². The summed E-state index contributed by atoms with van der Waals surface area (Å²) in [5.41, 5.74) is 0.0747. The van der Waals surface area contributed by atoms with Crippen LogP contribution in [0.5, 0.6) is 0 Å². The first-order chi connectivity index (χ1) is 7.63. The second-order valence-corrected chi connectivity index (χ2v) is 3.29. The Morgan fingerprint density at radius 2 is 2.06 bits per heavy atom.